The lowest BCUT2D eigenvalue weighted by molar-refractivity contribution is 0.0786. The van der Waals surface area contributed by atoms with Crippen LogP contribution in [0.1, 0.15) is 27.4 Å². The van der Waals surface area contributed by atoms with Crippen molar-refractivity contribution in [3.8, 4) is 0 Å². The molecule has 4 nitrogen and oxygen atoms in total. The number of carbonyl (C=O) groups is 1. The molecular weight excluding hydrogens is 310 g/mol. The van der Waals surface area contributed by atoms with Crippen molar-refractivity contribution in [1.29, 1.82) is 0 Å². The monoisotopic (exact) mass is 337 g/mol. The fourth-order valence-electron chi connectivity index (χ4n) is 3.70. The quantitative estimate of drug-likeness (QED) is 0.912. The van der Waals surface area contributed by atoms with Gasteiger partial charge in [0.05, 0.1) is 0 Å². The molecule has 1 saturated heterocycles. The van der Waals surface area contributed by atoms with E-state index in [1.54, 1.807) is 0 Å². The minimum Gasteiger partial charge on any atom is -0.338 e. The topological polar surface area (TPSA) is 49.6 Å². The molecule has 4 heteroatoms. The van der Waals surface area contributed by atoms with Crippen LogP contribution in [-0.4, -0.2) is 49.4 Å². The van der Waals surface area contributed by atoms with Gasteiger partial charge in [0.2, 0.25) is 0 Å². The van der Waals surface area contributed by atoms with Gasteiger partial charge in [-0.15, -0.1) is 0 Å². The van der Waals surface area contributed by atoms with Crippen LogP contribution >= 0.6 is 0 Å². The summed E-state index contributed by atoms with van der Waals surface area (Å²) in [7, 11) is 4.07. The van der Waals surface area contributed by atoms with Crippen LogP contribution < -0.4 is 5.73 Å². The van der Waals surface area contributed by atoms with Crippen molar-refractivity contribution in [1.82, 2.24) is 9.80 Å². The van der Waals surface area contributed by atoms with Gasteiger partial charge in [0.1, 0.15) is 0 Å². The molecular formula is C21H27N3O. The van der Waals surface area contributed by atoms with Crippen LogP contribution in [0.2, 0.25) is 0 Å². The number of nitrogens with two attached hydrogens (primary N) is 1. The highest BCUT2D eigenvalue weighted by Crippen LogP contribution is 2.32. The summed E-state index contributed by atoms with van der Waals surface area (Å²) < 4.78 is 0. The van der Waals surface area contributed by atoms with Crippen LogP contribution in [0.3, 0.4) is 0 Å². The molecule has 132 valence electrons. The normalized spacial score (nSPS) is 20.2. The second kappa shape index (κ2) is 7.81. The van der Waals surface area contributed by atoms with E-state index in [-0.39, 0.29) is 5.91 Å². The predicted molar refractivity (Wildman–Crippen MR) is 101 cm³/mol. The third-order valence-electron chi connectivity index (χ3n) is 4.93. The summed E-state index contributed by atoms with van der Waals surface area (Å²) >= 11 is 0. The fraction of sp³-hybridized carbons (Fsp3) is 0.381. The zero-order chi connectivity index (χ0) is 17.8. The van der Waals surface area contributed by atoms with E-state index in [2.05, 4.69) is 35.2 Å². The van der Waals surface area contributed by atoms with E-state index in [0.717, 1.165) is 30.8 Å². The van der Waals surface area contributed by atoms with Crippen molar-refractivity contribution in [3.63, 3.8) is 0 Å². The van der Waals surface area contributed by atoms with Crippen molar-refractivity contribution in [3.05, 3.63) is 71.3 Å². The first-order valence-corrected chi connectivity index (χ1v) is 8.86. The molecule has 0 saturated carbocycles. The number of hydrogen-bond acceptors (Lipinski definition) is 3. The number of nitrogens with zero attached hydrogens (tertiary/aromatic N) is 2. The minimum atomic E-state index is 0.109. The molecule has 0 radical (unpaired) electrons. The number of amides is 1. The zero-order valence-corrected chi connectivity index (χ0v) is 15.1. The summed E-state index contributed by atoms with van der Waals surface area (Å²) in [6, 6.07) is 18.4. The summed E-state index contributed by atoms with van der Waals surface area (Å²) in [5, 5.41) is 0. The molecule has 1 aliphatic heterocycles. The Morgan fingerprint density at radius 2 is 1.88 bits per heavy atom. The summed E-state index contributed by atoms with van der Waals surface area (Å²) in [6.07, 6.45) is 0. The standard InChI is InChI=1S/C21H27N3O/c1-23(2)13-16-7-6-10-18(11-16)21(25)24-14-19(12-22)20(15-24)17-8-4-3-5-9-17/h3-11,19-20H,12-15,22H2,1-2H3/t19-,20+/m1/s1. The van der Waals surface area contributed by atoms with Gasteiger partial charge in [-0.05, 0) is 49.8 Å². The van der Waals surface area contributed by atoms with Crippen LogP contribution in [0.5, 0.6) is 0 Å². The third kappa shape index (κ3) is 4.09. The zero-order valence-electron chi connectivity index (χ0n) is 15.1. The highest BCUT2D eigenvalue weighted by molar-refractivity contribution is 5.94. The fourth-order valence-corrected chi connectivity index (χ4v) is 3.70. The van der Waals surface area contributed by atoms with Gasteiger partial charge < -0.3 is 15.5 Å². The van der Waals surface area contributed by atoms with Crippen LogP contribution in [0, 0.1) is 5.92 Å². The lowest BCUT2D eigenvalue weighted by Crippen LogP contribution is -2.30. The molecule has 1 amide bonds. The van der Waals surface area contributed by atoms with E-state index < -0.39 is 0 Å². The minimum absolute atomic E-state index is 0.109. The highest BCUT2D eigenvalue weighted by Gasteiger charge is 2.35. The van der Waals surface area contributed by atoms with Crippen molar-refractivity contribution in [2.24, 2.45) is 11.7 Å². The Morgan fingerprint density at radius 1 is 1.12 bits per heavy atom. The molecule has 1 heterocycles. The van der Waals surface area contributed by atoms with E-state index in [0.29, 0.717) is 18.4 Å². The van der Waals surface area contributed by atoms with Gasteiger partial charge in [-0.1, -0.05) is 42.5 Å². The van der Waals surface area contributed by atoms with Crippen LogP contribution in [0.4, 0.5) is 0 Å². The van der Waals surface area contributed by atoms with E-state index in [1.807, 2.05) is 43.3 Å². The number of benzene rings is 2. The van der Waals surface area contributed by atoms with Crippen molar-refractivity contribution in [2.75, 3.05) is 33.7 Å². The van der Waals surface area contributed by atoms with Gasteiger partial charge in [0, 0.05) is 31.1 Å². The molecule has 3 rings (SSSR count). The van der Waals surface area contributed by atoms with Gasteiger partial charge in [0.25, 0.3) is 5.91 Å². The number of likely N-dealkylation sites (tertiary alicyclic amines) is 1. The molecule has 2 aromatic rings. The smallest absolute Gasteiger partial charge is 0.253 e. The SMILES string of the molecule is CN(C)Cc1cccc(C(=O)N2C[C@@H](CN)[C@H](c3ccccc3)C2)c1. The molecule has 2 aromatic carbocycles. The maximum atomic E-state index is 13.0. The number of carbonyl (C=O) groups excluding carboxylic acids is 1. The Balaban J connectivity index is 1.77. The Kier molecular flexibility index (Phi) is 5.51. The van der Waals surface area contributed by atoms with Crippen molar-refractivity contribution >= 4 is 5.91 Å². The van der Waals surface area contributed by atoms with Crippen LogP contribution in [-0.2, 0) is 6.54 Å². The van der Waals surface area contributed by atoms with Gasteiger partial charge in [-0.3, -0.25) is 4.79 Å². The first kappa shape index (κ1) is 17.6. The maximum Gasteiger partial charge on any atom is 0.253 e. The largest absolute Gasteiger partial charge is 0.338 e. The second-order valence-corrected chi connectivity index (χ2v) is 7.16. The molecule has 1 aliphatic rings. The molecule has 1 fully saturated rings. The summed E-state index contributed by atoms with van der Waals surface area (Å²) in [5.74, 6) is 0.744. The number of rotatable bonds is 5. The van der Waals surface area contributed by atoms with Crippen molar-refractivity contribution in [2.45, 2.75) is 12.5 Å². The van der Waals surface area contributed by atoms with Crippen LogP contribution in [0.15, 0.2) is 54.6 Å². The first-order valence-electron chi connectivity index (χ1n) is 8.86. The molecule has 2 N–H and O–H groups in total. The van der Waals surface area contributed by atoms with Gasteiger partial charge in [-0.2, -0.15) is 0 Å². The van der Waals surface area contributed by atoms with Crippen LogP contribution in [0.25, 0.3) is 0 Å². The third-order valence-corrected chi connectivity index (χ3v) is 4.93. The van der Waals surface area contributed by atoms with E-state index in [1.165, 1.54) is 5.56 Å². The second-order valence-electron chi connectivity index (χ2n) is 7.16. The molecule has 0 bridgehead atoms. The Hall–Kier alpha value is -2.17. The predicted octanol–water partition coefficient (Wildman–Crippen LogP) is 2.56. The Morgan fingerprint density at radius 3 is 2.56 bits per heavy atom. The van der Waals surface area contributed by atoms with Crippen molar-refractivity contribution < 1.29 is 4.79 Å². The first-order chi connectivity index (χ1) is 12.1. The van der Waals surface area contributed by atoms with Gasteiger partial charge >= 0.3 is 0 Å². The molecule has 0 aliphatic carbocycles. The highest BCUT2D eigenvalue weighted by atomic mass is 16.2. The van der Waals surface area contributed by atoms with E-state index in [9.17, 15) is 4.79 Å². The summed E-state index contributed by atoms with van der Waals surface area (Å²) in [6.45, 7) is 2.90. The van der Waals surface area contributed by atoms with E-state index >= 15 is 0 Å². The molecule has 25 heavy (non-hydrogen) atoms. The average molecular weight is 337 g/mol. The molecule has 0 unspecified atom stereocenters. The molecule has 0 spiro atoms. The molecule has 2 atom stereocenters. The maximum absolute atomic E-state index is 13.0. The summed E-state index contributed by atoms with van der Waals surface area (Å²) in [4.78, 5) is 17.1. The van der Waals surface area contributed by atoms with E-state index in [4.69, 9.17) is 5.73 Å². The Bertz CT molecular complexity index is 714. The van der Waals surface area contributed by atoms with Gasteiger partial charge in [0.15, 0.2) is 0 Å². The lowest BCUT2D eigenvalue weighted by Gasteiger charge is -2.18. The lowest BCUT2D eigenvalue weighted by atomic mass is 9.89. The summed E-state index contributed by atoms with van der Waals surface area (Å²) in [5.41, 5.74) is 9.20. The Labute approximate surface area is 150 Å². The molecule has 0 aromatic heterocycles. The average Bonchev–Trinajstić information content (AvgIpc) is 3.06. The van der Waals surface area contributed by atoms with Gasteiger partial charge in [-0.25, -0.2) is 0 Å². The number of hydrogen-bond donors (Lipinski definition) is 1.